The van der Waals surface area contributed by atoms with Gasteiger partial charge in [0.2, 0.25) is 10.0 Å². The molecule has 0 bridgehead atoms. The van der Waals surface area contributed by atoms with Crippen LogP contribution in [0.1, 0.15) is 39.5 Å². The van der Waals surface area contributed by atoms with Crippen LogP contribution in [-0.4, -0.2) is 47.8 Å². The van der Waals surface area contributed by atoms with Crippen molar-refractivity contribution in [2.24, 2.45) is 0 Å². The summed E-state index contributed by atoms with van der Waals surface area (Å²) in [6.07, 6.45) is 6.47. The average Bonchev–Trinajstić information content (AvgIpc) is 3.01. The fourth-order valence-electron chi connectivity index (χ4n) is 3.48. The van der Waals surface area contributed by atoms with Crippen LogP contribution in [-0.2, 0) is 10.0 Å². The molecule has 0 atom stereocenters. The van der Waals surface area contributed by atoms with E-state index in [4.69, 9.17) is 0 Å². The molecule has 1 aliphatic rings. The first kappa shape index (κ1) is 17.2. The molecule has 0 aliphatic heterocycles. The Kier molecular flexibility index (Phi) is 4.78. The summed E-state index contributed by atoms with van der Waals surface area (Å²) in [6, 6.07) is 2.21. The monoisotopic (exact) mass is 351 g/mol. The molecule has 0 saturated heterocycles. The predicted molar refractivity (Wildman–Crippen MR) is 95.5 cm³/mol. The number of sulfonamides is 1. The van der Waals surface area contributed by atoms with Crippen LogP contribution in [0.15, 0.2) is 18.6 Å². The highest BCUT2D eigenvalue weighted by molar-refractivity contribution is 7.90. The molecule has 2 aromatic rings. The molecule has 2 aromatic heterocycles. The van der Waals surface area contributed by atoms with Crippen LogP contribution in [0.2, 0.25) is 0 Å². The molecule has 2 heterocycles. The maximum Gasteiger partial charge on any atom is 0.214 e. The number of nitrogens with zero attached hydrogens (tertiary/aromatic N) is 3. The average molecular weight is 351 g/mol. The zero-order valence-electron chi connectivity index (χ0n) is 14.4. The number of aromatic nitrogens is 3. The quantitative estimate of drug-likeness (QED) is 0.860. The van der Waals surface area contributed by atoms with E-state index in [0.29, 0.717) is 18.9 Å². The molecular weight excluding hydrogens is 326 g/mol. The second-order valence-electron chi connectivity index (χ2n) is 6.80. The third-order valence-electron chi connectivity index (χ3n) is 4.70. The molecule has 3 rings (SSSR count). The third-order valence-corrected chi connectivity index (χ3v) is 6.85. The van der Waals surface area contributed by atoms with Gasteiger partial charge in [-0.3, -0.25) is 0 Å². The van der Waals surface area contributed by atoms with Gasteiger partial charge in [-0.05, 0) is 45.6 Å². The highest BCUT2D eigenvalue weighted by Crippen LogP contribution is 2.31. The highest BCUT2D eigenvalue weighted by atomic mass is 32.2. The van der Waals surface area contributed by atoms with Gasteiger partial charge in [-0.2, -0.15) is 0 Å². The predicted octanol–water partition coefficient (Wildman–Crippen LogP) is 2.03. The number of hydrogen-bond acceptors (Lipinski definition) is 5. The molecule has 1 fully saturated rings. The van der Waals surface area contributed by atoms with E-state index >= 15 is 0 Å². The lowest BCUT2D eigenvalue weighted by atomic mass is 9.94. The Morgan fingerprint density at radius 1 is 1.25 bits per heavy atom. The Hall–Kier alpha value is -1.67. The zero-order valence-corrected chi connectivity index (χ0v) is 15.2. The van der Waals surface area contributed by atoms with Crippen molar-refractivity contribution in [3.63, 3.8) is 0 Å². The molecule has 7 nitrogen and oxygen atoms in total. The summed E-state index contributed by atoms with van der Waals surface area (Å²) in [5.74, 6) is 0.896. The zero-order chi connectivity index (χ0) is 17.3. The number of anilines is 1. The van der Waals surface area contributed by atoms with Gasteiger partial charge in [-0.15, -0.1) is 0 Å². The van der Waals surface area contributed by atoms with Gasteiger partial charge in [0.25, 0.3) is 0 Å². The third kappa shape index (κ3) is 3.39. The van der Waals surface area contributed by atoms with Crippen LogP contribution >= 0.6 is 0 Å². The molecule has 0 spiro atoms. The number of rotatable bonds is 5. The summed E-state index contributed by atoms with van der Waals surface area (Å²) >= 11 is 0. The number of aromatic amines is 1. The number of nitrogens with one attached hydrogen (secondary N) is 2. The van der Waals surface area contributed by atoms with E-state index in [9.17, 15) is 8.42 Å². The van der Waals surface area contributed by atoms with E-state index in [1.807, 2.05) is 33.2 Å². The first-order valence-electron chi connectivity index (χ1n) is 8.40. The van der Waals surface area contributed by atoms with Crippen molar-refractivity contribution in [3.8, 4) is 0 Å². The number of hydrogen-bond donors (Lipinski definition) is 2. The summed E-state index contributed by atoms with van der Waals surface area (Å²) < 4.78 is 27.4. The SMILES string of the molecule is CC(C)NS(=O)(=O)C1CCC(N(C)c2ncnc3[nH]ccc23)CC1. The molecular formula is C16H25N5O2S. The van der Waals surface area contributed by atoms with Crippen LogP contribution in [0.5, 0.6) is 0 Å². The lowest BCUT2D eigenvalue weighted by Gasteiger charge is -2.35. The summed E-state index contributed by atoms with van der Waals surface area (Å²) in [4.78, 5) is 13.9. The first-order valence-corrected chi connectivity index (χ1v) is 9.95. The largest absolute Gasteiger partial charge is 0.356 e. The Morgan fingerprint density at radius 3 is 2.62 bits per heavy atom. The molecule has 1 saturated carbocycles. The van der Waals surface area contributed by atoms with Crippen molar-refractivity contribution < 1.29 is 8.42 Å². The maximum atomic E-state index is 12.3. The van der Waals surface area contributed by atoms with Crippen molar-refractivity contribution >= 4 is 26.9 Å². The summed E-state index contributed by atoms with van der Waals surface area (Å²) in [5, 5.41) is 0.707. The van der Waals surface area contributed by atoms with Crippen LogP contribution < -0.4 is 9.62 Å². The minimum absolute atomic E-state index is 0.0571. The minimum Gasteiger partial charge on any atom is -0.356 e. The standard InChI is InChI=1S/C16H25N5O2S/c1-11(2)20-24(22,23)13-6-4-12(5-7-13)21(3)16-14-8-9-17-15(14)18-10-19-16/h8-13,20H,4-7H2,1-3H3,(H,17,18,19). The van der Waals surface area contributed by atoms with Crippen molar-refractivity contribution in [1.82, 2.24) is 19.7 Å². The molecule has 0 aromatic carbocycles. The van der Waals surface area contributed by atoms with Crippen LogP contribution in [0.25, 0.3) is 11.0 Å². The van der Waals surface area contributed by atoms with E-state index in [1.165, 1.54) is 0 Å². The van der Waals surface area contributed by atoms with Gasteiger partial charge in [0, 0.05) is 25.3 Å². The Labute approximate surface area is 142 Å². The van der Waals surface area contributed by atoms with Gasteiger partial charge >= 0.3 is 0 Å². The Balaban J connectivity index is 1.69. The lowest BCUT2D eigenvalue weighted by Crippen LogP contribution is -2.43. The Bertz CT molecular complexity index is 794. The molecule has 0 radical (unpaired) electrons. The first-order chi connectivity index (χ1) is 11.4. The van der Waals surface area contributed by atoms with Crippen LogP contribution in [0, 0.1) is 0 Å². The van der Waals surface area contributed by atoms with Gasteiger partial charge in [0.1, 0.15) is 17.8 Å². The highest BCUT2D eigenvalue weighted by Gasteiger charge is 2.33. The second-order valence-corrected chi connectivity index (χ2v) is 8.79. The number of H-pyrrole nitrogens is 1. The second kappa shape index (κ2) is 6.68. The smallest absolute Gasteiger partial charge is 0.214 e. The van der Waals surface area contributed by atoms with Gasteiger partial charge < -0.3 is 9.88 Å². The number of fused-ring (bicyclic) bond motifs is 1. The molecule has 0 amide bonds. The van der Waals surface area contributed by atoms with E-state index in [-0.39, 0.29) is 11.3 Å². The summed E-state index contributed by atoms with van der Waals surface area (Å²) in [7, 11) is -1.19. The fraction of sp³-hybridized carbons (Fsp3) is 0.625. The topological polar surface area (TPSA) is 91.0 Å². The molecule has 8 heteroatoms. The van der Waals surface area contributed by atoms with Crippen molar-refractivity contribution in [3.05, 3.63) is 18.6 Å². The van der Waals surface area contributed by atoms with E-state index in [0.717, 1.165) is 29.7 Å². The normalized spacial score (nSPS) is 22.2. The maximum absolute atomic E-state index is 12.3. The van der Waals surface area contributed by atoms with Gasteiger partial charge in [0.15, 0.2) is 0 Å². The Morgan fingerprint density at radius 2 is 1.96 bits per heavy atom. The van der Waals surface area contributed by atoms with Crippen LogP contribution in [0.4, 0.5) is 5.82 Å². The molecule has 132 valence electrons. The van der Waals surface area contributed by atoms with Crippen molar-refractivity contribution in [2.75, 3.05) is 11.9 Å². The molecule has 24 heavy (non-hydrogen) atoms. The fourth-order valence-corrected chi connectivity index (χ4v) is 5.22. The van der Waals surface area contributed by atoms with Crippen LogP contribution in [0.3, 0.4) is 0 Å². The van der Waals surface area contributed by atoms with Gasteiger partial charge in [0.05, 0.1) is 10.6 Å². The molecule has 1 aliphatic carbocycles. The summed E-state index contributed by atoms with van der Waals surface area (Å²) in [5.41, 5.74) is 0.823. The lowest BCUT2D eigenvalue weighted by molar-refractivity contribution is 0.416. The van der Waals surface area contributed by atoms with Crippen molar-refractivity contribution in [1.29, 1.82) is 0 Å². The van der Waals surface area contributed by atoms with E-state index in [1.54, 1.807) is 6.33 Å². The minimum atomic E-state index is -3.22. The van der Waals surface area contributed by atoms with Crippen molar-refractivity contribution in [2.45, 2.75) is 56.9 Å². The van der Waals surface area contributed by atoms with E-state index in [2.05, 4.69) is 24.6 Å². The molecule has 2 N–H and O–H groups in total. The summed E-state index contributed by atoms with van der Waals surface area (Å²) in [6.45, 7) is 3.71. The van der Waals surface area contributed by atoms with E-state index < -0.39 is 10.0 Å². The van der Waals surface area contributed by atoms with Gasteiger partial charge in [-0.25, -0.2) is 23.1 Å². The van der Waals surface area contributed by atoms with Gasteiger partial charge in [-0.1, -0.05) is 0 Å². The molecule has 0 unspecified atom stereocenters.